The van der Waals surface area contributed by atoms with Crippen molar-refractivity contribution in [1.29, 1.82) is 0 Å². The summed E-state index contributed by atoms with van der Waals surface area (Å²) in [6.07, 6.45) is 0.576. The number of anilines is 2. The van der Waals surface area contributed by atoms with Gasteiger partial charge in [0.2, 0.25) is 5.91 Å². The van der Waals surface area contributed by atoms with Crippen molar-refractivity contribution in [3.05, 3.63) is 53.6 Å². The maximum Gasteiger partial charge on any atom is 0.319 e. The molecule has 1 fully saturated rings. The van der Waals surface area contributed by atoms with Gasteiger partial charge in [0.25, 0.3) is 0 Å². The number of aryl methyl sites for hydroxylation is 2. The highest BCUT2D eigenvalue weighted by Crippen LogP contribution is 2.25. The van der Waals surface area contributed by atoms with Crippen LogP contribution in [0.2, 0.25) is 0 Å². The summed E-state index contributed by atoms with van der Waals surface area (Å²) < 4.78 is 5.51. The number of carbonyl (C=O) groups excluding carboxylic acids is 2. The summed E-state index contributed by atoms with van der Waals surface area (Å²) in [5.41, 5.74) is 3.78. The van der Waals surface area contributed by atoms with Gasteiger partial charge in [-0.2, -0.15) is 0 Å². The van der Waals surface area contributed by atoms with Crippen LogP contribution in [-0.4, -0.2) is 31.1 Å². The first-order chi connectivity index (χ1) is 13.0. The van der Waals surface area contributed by atoms with Crippen molar-refractivity contribution in [2.24, 2.45) is 0 Å². The van der Waals surface area contributed by atoms with Crippen molar-refractivity contribution < 1.29 is 14.3 Å². The number of carbonyl (C=O) groups is 2. The van der Waals surface area contributed by atoms with E-state index in [9.17, 15) is 9.59 Å². The van der Waals surface area contributed by atoms with Gasteiger partial charge in [-0.15, -0.1) is 0 Å². The van der Waals surface area contributed by atoms with Gasteiger partial charge < -0.3 is 20.3 Å². The lowest BCUT2D eigenvalue weighted by molar-refractivity contribution is -0.118. The predicted molar refractivity (Wildman–Crippen MR) is 106 cm³/mol. The van der Waals surface area contributed by atoms with E-state index in [4.69, 9.17) is 4.74 Å². The molecule has 1 heterocycles. The number of nitrogens with one attached hydrogen (secondary N) is 2. The topological polar surface area (TPSA) is 70.7 Å². The van der Waals surface area contributed by atoms with Gasteiger partial charge in [-0.3, -0.25) is 4.79 Å². The monoisotopic (exact) mass is 367 g/mol. The Labute approximate surface area is 159 Å². The minimum Gasteiger partial charge on any atom is -0.492 e. The molecule has 0 bridgehead atoms. The minimum absolute atomic E-state index is 0.0912. The van der Waals surface area contributed by atoms with E-state index in [0.717, 1.165) is 11.3 Å². The highest BCUT2D eigenvalue weighted by atomic mass is 16.5. The molecule has 142 valence electrons. The second-order valence-electron chi connectivity index (χ2n) is 6.63. The molecule has 1 aliphatic heterocycles. The van der Waals surface area contributed by atoms with Gasteiger partial charge in [0, 0.05) is 12.2 Å². The molecule has 3 rings (SSSR count). The molecular formula is C21H25N3O3. The van der Waals surface area contributed by atoms with Gasteiger partial charge in [-0.1, -0.05) is 18.2 Å². The van der Waals surface area contributed by atoms with E-state index >= 15 is 0 Å². The van der Waals surface area contributed by atoms with Gasteiger partial charge in [-0.25, -0.2) is 4.79 Å². The molecular weight excluding hydrogens is 342 g/mol. The minimum atomic E-state index is -0.536. The number of ether oxygens (including phenoxy) is 1. The first-order valence-electron chi connectivity index (χ1n) is 9.17. The molecule has 0 saturated carbocycles. The number of benzene rings is 2. The van der Waals surface area contributed by atoms with Crippen LogP contribution in [0.1, 0.15) is 24.5 Å². The van der Waals surface area contributed by atoms with Crippen molar-refractivity contribution in [2.45, 2.75) is 33.2 Å². The van der Waals surface area contributed by atoms with E-state index in [1.165, 1.54) is 5.56 Å². The molecule has 0 unspecified atom stereocenters. The second kappa shape index (κ2) is 8.12. The van der Waals surface area contributed by atoms with Gasteiger partial charge in [-0.05, 0) is 62.6 Å². The summed E-state index contributed by atoms with van der Waals surface area (Å²) >= 11 is 0. The van der Waals surface area contributed by atoms with Crippen LogP contribution in [0.5, 0.6) is 5.75 Å². The van der Waals surface area contributed by atoms with Gasteiger partial charge in [0.1, 0.15) is 11.8 Å². The van der Waals surface area contributed by atoms with E-state index in [-0.39, 0.29) is 5.91 Å². The average molecular weight is 367 g/mol. The van der Waals surface area contributed by atoms with E-state index in [0.29, 0.717) is 31.0 Å². The molecule has 0 aromatic heterocycles. The predicted octanol–water partition coefficient (Wildman–Crippen LogP) is 3.63. The van der Waals surface area contributed by atoms with Crippen LogP contribution in [0, 0.1) is 13.8 Å². The Balaban J connectivity index is 1.64. The lowest BCUT2D eigenvalue weighted by Crippen LogP contribution is -2.43. The SMILES string of the molecule is CCOc1ccccc1NC(=O)N[C@H]1CCN(c2ccc(C)c(C)c2)C1=O. The zero-order valence-corrected chi connectivity index (χ0v) is 15.9. The highest BCUT2D eigenvalue weighted by Gasteiger charge is 2.33. The molecule has 6 heteroatoms. The number of urea groups is 1. The van der Waals surface area contributed by atoms with Crippen molar-refractivity contribution in [2.75, 3.05) is 23.4 Å². The molecule has 1 atom stereocenters. The van der Waals surface area contributed by atoms with Crippen LogP contribution in [0.15, 0.2) is 42.5 Å². The molecule has 2 N–H and O–H groups in total. The number of hydrogen-bond donors (Lipinski definition) is 2. The normalized spacial score (nSPS) is 16.3. The molecule has 6 nitrogen and oxygen atoms in total. The number of para-hydroxylation sites is 2. The van der Waals surface area contributed by atoms with Crippen molar-refractivity contribution in [1.82, 2.24) is 5.32 Å². The Kier molecular flexibility index (Phi) is 5.64. The molecule has 1 aliphatic rings. The van der Waals surface area contributed by atoms with E-state index < -0.39 is 12.1 Å². The fourth-order valence-electron chi connectivity index (χ4n) is 3.13. The fraction of sp³-hybridized carbons (Fsp3) is 0.333. The number of amides is 3. The van der Waals surface area contributed by atoms with Crippen LogP contribution in [-0.2, 0) is 4.79 Å². The summed E-state index contributed by atoms with van der Waals surface area (Å²) in [6, 6.07) is 12.2. The van der Waals surface area contributed by atoms with Gasteiger partial charge in [0.05, 0.1) is 12.3 Å². The van der Waals surface area contributed by atoms with Crippen molar-refractivity contribution in [3.8, 4) is 5.75 Å². The molecule has 3 amide bonds. The fourth-order valence-corrected chi connectivity index (χ4v) is 3.13. The first kappa shape index (κ1) is 18.8. The van der Waals surface area contributed by atoms with Crippen LogP contribution in [0.25, 0.3) is 0 Å². The van der Waals surface area contributed by atoms with E-state index in [1.54, 1.807) is 17.0 Å². The Bertz CT molecular complexity index is 850. The van der Waals surface area contributed by atoms with Crippen molar-refractivity contribution >= 4 is 23.3 Å². The Morgan fingerprint density at radius 3 is 2.70 bits per heavy atom. The van der Waals surface area contributed by atoms with Crippen LogP contribution in [0.3, 0.4) is 0 Å². The van der Waals surface area contributed by atoms with E-state index in [2.05, 4.69) is 10.6 Å². The number of nitrogens with zero attached hydrogens (tertiary/aromatic N) is 1. The zero-order valence-electron chi connectivity index (χ0n) is 15.9. The molecule has 2 aromatic carbocycles. The molecule has 27 heavy (non-hydrogen) atoms. The lowest BCUT2D eigenvalue weighted by atomic mass is 10.1. The van der Waals surface area contributed by atoms with Gasteiger partial charge in [0.15, 0.2) is 0 Å². The summed E-state index contributed by atoms with van der Waals surface area (Å²) in [7, 11) is 0. The Hall–Kier alpha value is -3.02. The summed E-state index contributed by atoms with van der Waals surface area (Å²) in [5, 5.41) is 5.54. The van der Waals surface area contributed by atoms with E-state index in [1.807, 2.05) is 51.1 Å². The largest absolute Gasteiger partial charge is 0.492 e. The van der Waals surface area contributed by atoms with Crippen LogP contribution in [0.4, 0.5) is 16.2 Å². The summed E-state index contributed by atoms with van der Waals surface area (Å²) in [4.78, 5) is 26.8. The number of rotatable bonds is 5. The zero-order chi connectivity index (χ0) is 19.4. The lowest BCUT2D eigenvalue weighted by Gasteiger charge is -2.19. The first-order valence-corrected chi connectivity index (χ1v) is 9.17. The maximum absolute atomic E-state index is 12.7. The third-order valence-electron chi connectivity index (χ3n) is 4.75. The maximum atomic E-state index is 12.7. The number of hydrogen-bond acceptors (Lipinski definition) is 3. The third-order valence-corrected chi connectivity index (χ3v) is 4.75. The van der Waals surface area contributed by atoms with Crippen molar-refractivity contribution in [3.63, 3.8) is 0 Å². The Morgan fingerprint density at radius 1 is 1.19 bits per heavy atom. The van der Waals surface area contributed by atoms with Crippen LogP contribution < -0.4 is 20.3 Å². The molecule has 0 radical (unpaired) electrons. The smallest absolute Gasteiger partial charge is 0.319 e. The molecule has 1 saturated heterocycles. The molecule has 0 spiro atoms. The molecule has 0 aliphatic carbocycles. The third kappa shape index (κ3) is 4.22. The quantitative estimate of drug-likeness (QED) is 0.848. The average Bonchev–Trinajstić information content (AvgIpc) is 3.00. The summed E-state index contributed by atoms with van der Waals surface area (Å²) in [5.74, 6) is 0.510. The van der Waals surface area contributed by atoms with Gasteiger partial charge >= 0.3 is 6.03 Å². The Morgan fingerprint density at radius 2 is 1.96 bits per heavy atom. The highest BCUT2D eigenvalue weighted by molar-refractivity contribution is 6.02. The summed E-state index contributed by atoms with van der Waals surface area (Å²) in [6.45, 7) is 7.04. The van der Waals surface area contributed by atoms with Crippen LogP contribution >= 0.6 is 0 Å². The second-order valence-corrected chi connectivity index (χ2v) is 6.63. The molecule has 2 aromatic rings. The standard InChI is InChI=1S/C21H25N3O3/c1-4-27-19-8-6-5-7-17(19)22-21(26)23-18-11-12-24(20(18)25)16-10-9-14(2)15(3)13-16/h5-10,13,18H,4,11-12H2,1-3H3,(H2,22,23,26)/t18-/m0/s1.